The molecule has 1 saturated carbocycles. The van der Waals surface area contributed by atoms with Crippen LogP contribution in [0.4, 0.5) is 13.2 Å². The van der Waals surface area contributed by atoms with Gasteiger partial charge in [-0.25, -0.2) is 0 Å². The van der Waals surface area contributed by atoms with E-state index in [0.717, 1.165) is 24.0 Å². The Labute approximate surface area is 150 Å². The first-order chi connectivity index (χ1) is 12.4. The summed E-state index contributed by atoms with van der Waals surface area (Å²) in [7, 11) is 0. The molecular formula is C20H20F3NO2. The maximum atomic E-state index is 12.6. The van der Waals surface area contributed by atoms with Gasteiger partial charge in [0.05, 0.1) is 12.0 Å². The molecule has 0 atom stereocenters. The van der Waals surface area contributed by atoms with Crippen LogP contribution in [0.1, 0.15) is 29.5 Å². The molecular weight excluding hydrogens is 343 g/mol. The van der Waals surface area contributed by atoms with Crippen molar-refractivity contribution in [2.75, 3.05) is 6.61 Å². The summed E-state index contributed by atoms with van der Waals surface area (Å²) < 4.78 is 40.8. The molecule has 1 aliphatic rings. The number of carbonyl (C=O) groups is 1. The molecule has 138 valence electrons. The van der Waals surface area contributed by atoms with Crippen LogP contribution < -0.4 is 5.32 Å². The van der Waals surface area contributed by atoms with Gasteiger partial charge < -0.3 is 10.1 Å². The van der Waals surface area contributed by atoms with Gasteiger partial charge in [-0.05, 0) is 29.5 Å². The van der Waals surface area contributed by atoms with Gasteiger partial charge in [-0.15, -0.1) is 0 Å². The highest BCUT2D eigenvalue weighted by Crippen LogP contribution is 2.48. The van der Waals surface area contributed by atoms with Gasteiger partial charge >= 0.3 is 6.18 Å². The number of ether oxygens (including phenoxy) is 1. The van der Waals surface area contributed by atoms with E-state index >= 15 is 0 Å². The van der Waals surface area contributed by atoms with Crippen LogP contribution in [0.3, 0.4) is 0 Å². The Morgan fingerprint density at radius 2 is 1.62 bits per heavy atom. The summed E-state index contributed by atoms with van der Waals surface area (Å²) in [6.45, 7) is -0.966. The van der Waals surface area contributed by atoms with E-state index in [2.05, 4.69) is 10.1 Å². The Morgan fingerprint density at radius 3 is 2.19 bits per heavy atom. The number of benzene rings is 2. The van der Waals surface area contributed by atoms with Gasteiger partial charge in [0.15, 0.2) is 0 Å². The van der Waals surface area contributed by atoms with E-state index in [-0.39, 0.29) is 12.5 Å². The normalized spacial score (nSPS) is 15.5. The number of hydrogen-bond donors (Lipinski definition) is 1. The van der Waals surface area contributed by atoms with Crippen molar-refractivity contribution in [3.05, 3.63) is 71.3 Å². The van der Waals surface area contributed by atoms with E-state index in [1.54, 1.807) is 24.3 Å². The average Bonchev–Trinajstić information content (AvgIpc) is 3.42. The summed E-state index contributed by atoms with van der Waals surface area (Å²) in [5, 5.41) is 2.96. The SMILES string of the molecule is O=C(NCc1ccc(COCC(F)(F)F)cc1)C1(c2ccccc2)CC1. The van der Waals surface area contributed by atoms with Crippen molar-refractivity contribution in [3.63, 3.8) is 0 Å². The van der Waals surface area contributed by atoms with E-state index in [1.165, 1.54) is 0 Å². The van der Waals surface area contributed by atoms with Crippen LogP contribution in [0.15, 0.2) is 54.6 Å². The predicted octanol–water partition coefficient (Wildman–Crippen LogP) is 4.11. The fourth-order valence-corrected chi connectivity index (χ4v) is 2.92. The van der Waals surface area contributed by atoms with E-state index < -0.39 is 18.2 Å². The van der Waals surface area contributed by atoms with E-state index in [0.29, 0.717) is 12.1 Å². The molecule has 0 saturated heterocycles. The number of amides is 1. The highest BCUT2D eigenvalue weighted by molar-refractivity contribution is 5.91. The smallest absolute Gasteiger partial charge is 0.367 e. The first-order valence-corrected chi connectivity index (χ1v) is 8.45. The molecule has 1 aliphatic carbocycles. The molecule has 2 aromatic carbocycles. The second-order valence-corrected chi connectivity index (χ2v) is 6.56. The molecule has 1 N–H and O–H groups in total. The van der Waals surface area contributed by atoms with Gasteiger partial charge in [-0.3, -0.25) is 4.79 Å². The summed E-state index contributed by atoms with van der Waals surface area (Å²) in [6.07, 6.45) is -2.63. The zero-order chi connectivity index (χ0) is 18.6. The molecule has 0 heterocycles. The van der Waals surface area contributed by atoms with Gasteiger partial charge in [0.1, 0.15) is 6.61 Å². The molecule has 0 radical (unpaired) electrons. The Morgan fingerprint density at radius 1 is 1.00 bits per heavy atom. The van der Waals surface area contributed by atoms with Crippen molar-refractivity contribution in [2.45, 2.75) is 37.6 Å². The summed E-state index contributed by atoms with van der Waals surface area (Å²) in [4.78, 5) is 12.6. The summed E-state index contributed by atoms with van der Waals surface area (Å²) in [5.74, 6) is 0.0151. The summed E-state index contributed by atoms with van der Waals surface area (Å²) in [6, 6.07) is 16.7. The van der Waals surface area contributed by atoms with Crippen LogP contribution in [0.25, 0.3) is 0 Å². The minimum absolute atomic E-state index is 0.0151. The van der Waals surface area contributed by atoms with Crippen molar-refractivity contribution < 1.29 is 22.7 Å². The van der Waals surface area contributed by atoms with Crippen LogP contribution in [-0.2, 0) is 28.1 Å². The van der Waals surface area contributed by atoms with Gasteiger partial charge in [-0.2, -0.15) is 13.2 Å². The predicted molar refractivity (Wildman–Crippen MR) is 91.4 cm³/mol. The maximum Gasteiger partial charge on any atom is 0.411 e. The lowest BCUT2D eigenvalue weighted by molar-refractivity contribution is -0.176. The highest BCUT2D eigenvalue weighted by Gasteiger charge is 2.50. The van der Waals surface area contributed by atoms with Gasteiger partial charge in [0.2, 0.25) is 5.91 Å². The molecule has 0 spiro atoms. The maximum absolute atomic E-state index is 12.6. The second kappa shape index (κ2) is 7.50. The number of rotatable bonds is 7. The molecule has 1 fully saturated rings. The minimum atomic E-state index is -4.32. The Hall–Kier alpha value is -2.34. The molecule has 3 rings (SSSR count). The number of halogens is 3. The van der Waals surface area contributed by atoms with Gasteiger partial charge in [-0.1, -0.05) is 54.6 Å². The summed E-state index contributed by atoms with van der Waals surface area (Å²) >= 11 is 0. The number of nitrogens with one attached hydrogen (secondary N) is 1. The van der Waals surface area contributed by atoms with Crippen LogP contribution in [0, 0.1) is 0 Å². The molecule has 0 aliphatic heterocycles. The lowest BCUT2D eigenvalue weighted by atomic mass is 9.95. The van der Waals surface area contributed by atoms with Crippen molar-refractivity contribution in [3.8, 4) is 0 Å². The van der Waals surface area contributed by atoms with Crippen molar-refractivity contribution in [2.24, 2.45) is 0 Å². The minimum Gasteiger partial charge on any atom is -0.367 e. The molecule has 0 bridgehead atoms. The zero-order valence-corrected chi connectivity index (χ0v) is 14.2. The van der Waals surface area contributed by atoms with Crippen molar-refractivity contribution in [1.29, 1.82) is 0 Å². The second-order valence-electron chi connectivity index (χ2n) is 6.56. The third-order valence-corrected chi connectivity index (χ3v) is 4.52. The van der Waals surface area contributed by atoms with Crippen LogP contribution in [-0.4, -0.2) is 18.7 Å². The van der Waals surface area contributed by atoms with Crippen LogP contribution >= 0.6 is 0 Å². The fraction of sp³-hybridized carbons (Fsp3) is 0.350. The standard InChI is InChI=1S/C20H20F3NO2/c21-20(22,23)14-26-13-16-8-6-15(7-9-16)12-24-18(25)19(10-11-19)17-4-2-1-3-5-17/h1-9H,10-14H2,(H,24,25). The fourth-order valence-electron chi connectivity index (χ4n) is 2.92. The Bertz CT molecular complexity index is 738. The van der Waals surface area contributed by atoms with E-state index in [4.69, 9.17) is 0 Å². The third kappa shape index (κ3) is 4.64. The van der Waals surface area contributed by atoms with Crippen LogP contribution in [0.5, 0.6) is 0 Å². The first-order valence-electron chi connectivity index (χ1n) is 8.45. The first kappa shape index (κ1) is 18.5. The largest absolute Gasteiger partial charge is 0.411 e. The highest BCUT2D eigenvalue weighted by atomic mass is 19.4. The van der Waals surface area contributed by atoms with Gasteiger partial charge in [0.25, 0.3) is 0 Å². The molecule has 0 aromatic heterocycles. The van der Waals surface area contributed by atoms with Crippen LogP contribution in [0.2, 0.25) is 0 Å². The quantitative estimate of drug-likeness (QED) is 0.804. The van der Waals surface area contributed by atoms with E-state index in [9.17, 15) is 18.0 Å². The average molecular weight is 363 g/mol. The number of hydrogen-bond acceptors (Lipinski definition) is 2. The van der Waals surface area contributed by atoms with E-state index in [1.807, 2.05) is 30.3 Å². The van der Waals surface area contributed by atoms with Crippen molar-refractivity contribution in [1.82, 2.24) is 5.32 Å². The van der Waals surface area contributed by atoms with Gasteiger partial charge in [0, 0.05) is 6.54 Å². The Balaban J connectivity index is 1.50. The zero-order valence-electron chi connectivity index (χ0n) is 14.2. The Kier molecular flexibility index (Phi) is 5.32. The van der Waals surface area contributed by atoms with Crippen molar-refractivity contribution >= 4 is 5.91 Å². The topological polar surface area (TPSA) is 38.3 Å². The molecule has 3 nitrogen and oxygen atoms in total. The molecule has 1 amide bonds. The third-order valence-electron chi connectivity index (χ3n) is 4.52. The monoisotopic (exact) mass is 363 g/mol. The number of alkyl halides is 3. The molecule has 26 heavy (non-hydrogen) atoms. The lowest BCUT2D eigenvalue weighted by Crippen LogP contribution is -2.34. The summed E-state index contributed by atoms with van der Waals surface area (Å²) in [5.41, 5.74) is 2.18. The molecule has 0 unspecified atom stereocenters. The lowest BCUT2D eigenvalue weighted by Gasteiger charge is -2.16. The molecule has 2 aromatic rings. The molecule has 6 heteroatoms. The number of carbonyl (C=O) groups excluding carboxylic acids is 1.